The van der Waals surface area contributed by atoms with Crippen molar-refractivity contribution in [3.8, 4) is 0 Å². The van der Waals surface area contributed by atoms with Crippen LogP contribution in [-0.2, 0) is 25.6 Å². The summed E-state index contributed by atoms with van der Waals surface area (Å²) in [5, 5.41) is 0. The molecule has 1 aliphatic rings. The maximum absolute atomic E-state index is 13.1. The van der Waals surface area contributed by atoms with Crippen LogP contribution in [0, 0.1) is 0 Å². The Kier molecular flexibility index (Phi) is 10.5. The summed E-state index contributed by atoms with van der Waals surface area (Å²) in [6.45, 7) is 2.24. The van der Waals surface area contributed by atoms with Crippen LogP contribution >= 0.6 is 11.8 Å². The van der Waals surface area contributed by atoms with Crippen LogP contribution in [0.2, 0.25) is 0 Å². The molecule has 0 saturated heterocycles. The van der Waals surface area contributed by atoms with Gasteiger partial charge in [0.1, 0.15) is 11.4 Å². The first-order chi connectivity index (χ1) is 14.1. The SMILES string of the molecule is COC(CCS[C@@](C)(/C=C1/C=C\CCCCC1)C(=O)OCc1ccccc1)OC. The molecule has 4 nitrogen and oxygen atoms in total. The molecule has 1 aliphatic carbocycles. The minimum Gasteiger partial charge on any atom is -0.460 e. The Morgan fingerprint density at radius 1 is 1.17 bits per heavy atom. The first-order valence-electron chi connectivity index (χ1n) is 10.4. The van der Waals surface area contributed by atoms with Crippen LogP contribution in [0.4, 0.5) is 0 Å². The predicted molar refractivity (Wildman–Crippen MR) is 120 cm³/mol. The zero-order valence-corrected chi connectivity index (χ0v) is 18.7. The third-order valence-electron chi connectivity index (χ3n) is 5.03. The highest BCUT2D eigenvalue weighted by molar-refractivity contribution is 8.01. The summed E-state index contributed by atoms with van der Waals surface area (Å²) in [4.78, 5) is 13.1. The monoisotopic (exact) mass is 418 g/mol. The fourth-order valence-electron chi connectivity index (χ4n) is 3.29. The van der Waals surface area contributed by atoms with Crippen molar-refractivity contribution in [2.45, 2.75) is 63.1 Å². The summed E-state index contributed by atoms with van der Waals surface area (Å²) < 4.78 is 15.5. The van der Waals surface area contributed by atoms with Gasteiger partial charge in [-0.15, -0.1) is 11.8 Å². The van der Waals surface area contributed by atoms with Crippen molar-refractivity contribution in [1.29, 1.82) is 0 Å². The lowest BCUT2D eigenvalue weighted by Gasteiger charge is -2.26. The fraction of sp³-hybridized carbons (Fsp3) is 0.542. The fourth-order valence-corrected chi connectivity index (χ4v) is 4.43. The molecule has 0 saturated carbocycles. The molecule has 160 valence electrons. The van der Waals surface area contributed by atoms with Crippen LogP contribution in [-0.4, -0.2) is 37.0 Å². The largest absolute Gasteiger partial charge is 0.460 e. The Morgan fingerprint density at radius 3 is 2.66 bits per heavy atom. The van der Waals surface area contributed by atoms with Gasteiger partial charge in [0.15, 0.2) is 6.29 Å². The number of ether oxygens (including phenoxy) is 3. The molecule has 0 amide bonds. The van der Waals surface area contributed by atoms with Crippen LogP contribution < -0.4 is 0 Å². The molecule has 0 heterocycles. The number of methoxy groups -OCH3 is 2. The van der Waals surface area contributed by atoms with E-state index >= 15 is 0 Å². The molecular formula is C24H34O4S. The number of rotatable bonds is 10. The van der Waals surface area contributed by atoms with E-state index in [4.69, 9.17) is 14.2 Å². The number of allylic oxidation sites excluding steroid dienone is 3. The van der Waals surface area contributed by atoms with E-state index in [9.17, 15) is 4.79 Å². The van der Waals surface area contributed by atoms with Gasteiger partial charge in [-0.05, 0) is 43.9 Å². The number of carbonyl (C=O) groups is 1. The van der Waals surface area contributed by atoms with Crippen LogP contribution in [0.3, 0.4) is 0 Å². The topological polar surface area (TPSA) is 44.8 Å². The molecule has 1 aromatic carbocycles. The first-order valence-corrected chi connectivity index (χ1v) is 11.3. The van der Waals surface area contributed by atoms with Gasteiger partial charge in [0.25, 0.3) is 0 Å². The van der Waals surface area contributed by atoms with Gasteiger partial charge in [-0.2, -0.15) is 0 Å². The predicted octanol–water partition coefficient (Wildman–Crippen LogP) is 5.68. The van der Waals surface area contributed by atoms with Gasteiger partial charge in [-0.1, -0.05) is 60.6 Å². The summed E-state index contributed by atoms with van der Waals surface area (Å²) in [6, 6.07) is 9.80. The van der Waals surface area contributed by atoms with Gasteiger partial charge < -0.3 is 14.2 Å². The lowest BCUT2D eigenvalue weighted by Crippen LogP contribution is -2.33. The number of hydrogen-bond donors (Lipinski definition) is 0. The van der Waals surface area contributed by atoms with E-state index in [0.29, 0.717) is 6.42 Å². The highest BCUT2D eigenvalue weighted by atomic mass is 32.2. The number of benzene rings is 1. The zero-order chi connectivity index (χ0) is 21.0. The second-order valence-electron chi connectivity index (χ2n) is 7.43. The second-order valence-corrected chi connectivity index (χ2v) is 8.97. The van der Waals surface area contributed by atoms with Crippen LogP contribution in [0.15, 0.2) is 54.1 Å². The summed E-state index contributed by atoms with van der Waals surface area (Å²) in [5.74, 6) is 0.525. The second kappa shape index (κ2) is 12.9. The maximum Gasteiger partial charge on any atom is 0.326 e. The molecule has 0 radical (unpaired) electrons. The molecule has 1 atom stereocenters. The van der Waals surface area contributed by atoms with Gasteiger partial charge in [-0.3, -0.25) is 4.79 Å². The Hall–Kier alpha value is -1.56. The Balaban J connectivity index is 2.11. The summed E-state index contributed by atoms with van der Waals surface area (Å²) in [7, 11) is 3.26. The van der Waals surface area contributed by atoms with Crippen molar-refractivity contribution < 1.29 is 19.0 Å². The molecule has 0 unspecified atom stereocenters. The summed E-state index contributed by atoms with van der Waals surface area (Å²) >= 11 is 1.59. The van der Waals surface area contributed by atoms with Gasteiger partial charge in [0, 0.05) is 20.6 Å². The maximum atomic E-state index is 13.1. The number of hydrogen-bond acceptors (Lipinski definition) is 5. The van der Waals surface area contributed by atoms with Gasteiger partial charge in [0.2, 0.25) is 0 Å². The van der Waals surface area contributed by atoms with Gasteiger partial charge in [-0.25, -0.2) is 0 Å². The molecule has 0 aromatic heterocycles. The van der Waals surface area contributed by atoms with E-state index in [1.165, 1.54) is 18.4 Å². The molecule has 0 aliphatic heterocycles. The highest BCUT2D eigenvalue weighted by Gasteiger charge is 2.34. The molecular weight excluding hydrogens is 384 g/mol. The van der Waals surface area contributed by atoms with Crippen molar-refractivity contribution in [2.24, 2.45) is 0 Å². The number of esters is 1. The minimum atomic E-state index is -0.750. The average Bonchev–Trinajstić information content (AvgIpc) is 2.72. The van der Waals surface area contributed by atoms with E-state index in [2.05, 4.69) is 18.2 Å². The number of carbonyl (C=O) groups excluding carboxylic acids is 1. The lowest BCUT2D eigenvalue weighted by atomic mass is 9.98. The van der Waals surface area contributed by atoms with E-state index < -0.39 is 4.75 Å². The van der Waals surface area contributed by atoms with Crippen molar-refractivity contribution >= 4 is 17.7 Å². The van der Waals surface area contributed by atoms with Crippen LogP contribution in [0.5, 0.6) is 0 Å². The van der Waals surface area contributed by atoms with Crippen molar-refractivity contribution in [1.82, 2.24) is 0 Å². The third kappa shape index (κ3) is 8.37. The Bertz CT molecular complexity index is 667. The first kappa shape index (κ1) is 23.7. The minimum absolute atomic E-state index is 0.208. The smallest absolute Gasteiger partial charge is 0.326 e. The Morgan fingerprint density at radius 2 is 1.93 bits per heavy atom. The quantitative estimate of drug-likeness (QED) is 0.361. The summed E-state index contributed by atoms with van der Waals surface area (Å²) in [5.41, 5.74) is 2.21. The van der Waals surface area contributed by atoms with Gasteiger partial charge in [0.05, 0.1) is 0 Å². The van der Waals surface area contributed by atoms with Crippen LogP contribution in [0.25, 0.3) is 0 Å². The van der Waals surface area contributed by atoms with Crippen LogP contribution in [0.1, 0.15) is 51.0 Å². The molecule has 0 bridgehead atoms. The summed E-state index contributed by atoms with van der Waals surface area (Å²) in [6.07, 6.45) is 12.7. The molecule has 0 fully saturated rings. The van der Waals surface area contributed by atoms with E-state index in [0.717, 1.165) is 30.6 Å². The van der Waals surface area contributed by atoms with E-state index in [-0.39, 0.29) is 18.9 Å². The average molecular weight is 419 g/mol. The standard InChI is InChI=1S/C24H34O4S/c1-24(29-17-16-22(26-2)27-3,18-20-12-8-5-4-6-9-13-20)23(25)28-19-21-14-10-7-11-15-21/h7-8,10-12,14-15,18,22H,4-6,9,13,16-17,19H2,1-3H3/b12-8-,20-18-/t24-/m0/s1. The lowest BCUT2D eigenvalue weighted by molar-refractivity contribution is -0.146. The van der Waals surface area contributed by atoms with Crippen molar-refractivity contribution in [3.05, 3.63) is 59.7 Å². The van der Waals surface area contributed by atoms with Crippen molar-refractivity contribution in [3.63, 3.8) is 0 Å². The molecule has 1 aromatic rings. The van der Waals surface area contributed by atoms with E-state index in [1.807, 2.05) is 37.3 Å². The Labute approximate surface area is 179 Å². The van der Waals surface area contributed by atoms with Crippen molar-refractivity contribution in [2.75, 3.05) is 20.0 Å². The normalized spacial score (nSPS) is 19.4. The molecule has 5 heteroatoms. The van der Waals surface area contributed by atoms with Gasteiger partial charge >= 0.3 is 5.97 Å². The molecule has 0 N–H and O–H groups in total. The van der Waals surface area contributed by atoms with E-state index in [1.54, 1.807) is 26.0 Å². The third-order valence-corrected chi connectivity index (χ3v) is 6.35. The highest BCUT2D eigenvalue weighted by Crippen LogP contribution is 2.33. The number of thioether (sulfide) groups is 1. The molecule has 29 heavy (non-hydrogen) atoms. The zero-order valence-electron chi connectivity index (χ0n) is 17.9. The molecule has 2 rings (SSSR count). The molecule has 0 spiro atoms.